The van der Waals surface area contributed by atoms with Crippen LogP contribution in [0.4, 0.5) is 0 Å². The molecule has 8 heteroatoms. The summed E-state index contributed by atoms with van der Waals surface area (Å²) in [6, 6.07) is 6.81. The first kappa shape index (κ1) is 17.1. The molecule has 1 saturated heterocycles. The van der Waals surface area contributed by atoms with Crippen molar-refractivity contribution in [1.29, 1.82) is 0 Å². The van der Waals surface area contributed by atoms with Crippen molar-refractivity contribution in [2.45, 2.75) is 37.5 Å². The topological polar surface area (TPSA) is 96.6 Å². The van der Waals surface area contributed by atoms with Crippen LogP contribution in [0.5, 0.6) is 0 Å². The van der Waals surface area contributed by atoms with E-state index in [9.17, 15) is 14.4 Å². The normalized spacial score (nSPS) is 19.1. The average Bonchev–Trinajstić information content (AvgIpc) is 3.36. The molecule has 1 aromatic heterocycles. The van der Waals surface area contributed by atoms with Gasteiger partial charge in [0.05, 0.1) is 17.0 Å². The van der Waals surface area contributed by atoms with Gasteiger partial charge in [-0.2, -0.15) is 4.98 Å². The van der Waals surface area contributed by atoms with E-state index in [-0.39, 0.29) is 30.2 Å². The van der Waals surface area contributed by atoms with Gasteiger partial charge in [0.2, 0.25) is 11.8 Å². The Kier molecular flexibility index (Phi) is 3.99. The minimum Gasteiger partial charge on any atom is -0.341 e. The van der Waals surface area contributed by atoms with E-state index in [4.69, 9.17) is 4.52 Å². The largest absolute Gasteiger partial charge is 0.341 e. The van der Waals surface area contributed by atoms with E-state index in [2.05, 4.69) is 10.1 Å². The van der Waals surface area contributed by atoms with Crippen LogP contribution in [0.25, 0.3) is 0 Å². The summed E-state index contributed by atoms with van der Waals surface area (Å²) < 4.78 is 5.32. The lowest BCUT2D eigenvalue weighted by Gasteiger charge is -2.37. The van der Waals surface area contributed by atoms with Gasteiger partial charge in [-0.1, -0.05) is 17.3 Å². The third kappa shape index (κ3) is 2.89. The maximum Gasteiger partial charge on any atom is 0.261 e. The molecule has 1 aromatic carbocycles. The number of fused-ring (bicyclic) bond motifs is 1. The molecule has 3 amide bonds. The van der Waals surface area contributed by atoms with Gasteiger partial charge in [0.15, 0.2) is 5.82 Å². The van der Waals surface area contributed by atoms with Gasteiger partial charge >= 0.3 is 0 Å². The third-order valence-corrected chi connectivity index (χ3v) is 5.63. The SMILES string of the molecule is O=C(CCCN1C(=O)c2ccccc2C1=O)N1CC(c2nc(C3CC3)no2)C1. The molecule has 28 heavy (non-hydrogen) atoms. The second kappa shape index (κ2) is 6.54. The summed E-state index contributed by atoms with van der Waals surface area (Å²) in [6.45, 7) is 1.42. The highest BCUT2D eigenvalue weighted by Crippen LogP contribution is 2.39. The Hall–Kier alpha value is -3.03. The summed E-state index contributed by atoms with van der Waals surface area (Å²) >= 11 is 0. The molecule has 8 nitrogen and oxygen atoms in total. The predicted molar refractivity (Wildman–Crippen MR) is 96.6 cm³/mol. The summed E-state index contributed by atoms with van der Waals surface area (Å²) in [5.41, 5.74) is 0.879. The van der Waals surface area contributed by atoms with E-state index < -0.39 is 0 Å². The number of hydrogen-bond acceptors (Lipinski definition) is 6. The monoisotopic (exact) mass is 380 g/mol. The van der Waals surface area contributed by atoms with Crippen molar-refractivity contribution >= 4 is 17.7 Å². The lowest BCUT2D eigenvalue weighted by molar-refractivity contribution is -0.136. The number of imide groups is 1. The smallest absolute Gasteiger partial charge is 0.261 e. The number of carbonyl (C=O) groups excluding carboxylic acids is 3. The van der Waals surface area contributed by atoms with Gasteiger partial charge in [-0.3, -0.25) is 19.3 Å². The Balaban J connectivity index is 1.09. The number of benzene rings is 1. The zero-order valence-electron chi connectivity index (χ0n) is 15.3. The van der Waals surface area contributed by atoms with Gasteiger partial charge in [-0.25, -0.2) is 0 Å². The summed E-state index contributed by atoms with van der Waals surface area (Å²) in [4.78, 5) is 44.4. The van der Waals surface area contributed by atoms with Crippen molar-refractivity contribution in [2.24, 2.45) is 0 Å². The first-order valence-corrected chi connectivity index (χ1v) is 9.68. The van der Waals surface area contributed by atoms with Crippen molar-refractivity contribution < 1.29 is 18.9 Å². The van der Waals surface area contributed by atoms with E-state index >= 15 is 0 Å². The van der Waals surface area contributed by atoms with E-state index in [0.717, 1.165) is 18.7 Å². The van der Waals surface area contributed by atoms with Crippen molar-refractivity contribution in [3.8, 4) is 0 Å². The lowest BCUT2D eigenvalue weighted by atomic mass is 9.99. The summed E-state index contributed by atoms with van der Waals surface area (Å²) in [6.07, 6.45) is 3.01. The Labute approximate surface area is 161 Å². The standard InChI is InChI=1S/C20H20N4O4/c25-16(23-10-13(11-23)18-21-17(22-28-18)12-7-8-12)6-3-9-24-19(26)14-4-1-2-5-15(14)20(24)27/h1-2,4-5,12-13H,3,6-11H2. The van der Waals surface area contributed by atoms with E-state index in [0.29, 0.717) is 48.9 Å². The van der Waals surface area contributed by atoms with E-state index in [1.165, 1.54) is 4.90 Å². The number of hydrogen-bond donors (Lipinski definition) is 0. The second-order valence-electron chi connectivity index (χ2n) is 7.67. The van der Waals surface area contributed by atoms with Gasteiger partial charge in [0.25, 0.3) is 11.8 Å². The molecule has 0 unspecified atom stereocenters. The molecule has 0 N–H and O–H groups in total. The van der Waals surface area contributed by atoms with Gasteiger partial charge in [0, 0.05) is 32.0 Å². The molecular weight excluding hydrogens is 360 g/mol. The predicted octanol–water partition coefficient (Wildman–Crippen LogP) is 1.95. The molecule has 3 aliphatic rings. The van der Waals surface area contributed by atoms with Crippen LogP contribution in [0.15, 0.2) is 28.8 Å². The fourth-order valence-electron chi connectivity index (χ4n) is 3.75. The molecule has 1 saturated carbocycles. The highest BCUT2D eigenvalue weighted by molar-refractivity contribution is 6.21. The minimum atomic E-state index is -0.278. The Morgan fingerprint density at radius 1 is 1.07 bits per heavy atom. The number of amides is 3. The first-order valence-electron chi connectivity index (χ1n) is 9.68. The van der Waals surface area contributed by atoms with Gasteiger partial charge < -0.3 is 9.42 Å². The van der Waals surface area contributed by atoms with Crippen LogP contribution in [-0.4, -0.2) is 57.3 Å². The number of nitrogens with zero attached hydrogens (tertiary/aromatic N) is 4. The molecule has 2 fully saturated rings. The molecule has 0 bridgehead atoms. The second-order valence-corrected chi connectivity index (χ2v) is 7.67. The maximum atomic E-state index is 12.4. The van der Waals surface area contributed by atoms with Crippen LogP contribution in [0.3, 0.4) is 0 Å². The number of rotatable bonds is 6. The summed E-state index contributed by atoms with van der Waals surface area (Å²) in [7, 11) is 0. The fourth-order valence-corrected chi connectivity index (χ4v) is 3.75. The molecule has 0 spiro atoms. The first-order chi connectivity index (χ1) is 13.6. The summed E-state index contributed by atoms with van der Waals surface area (Å²) in [5, 5.41) is 4.02. The molecule has 0 radical (unpaired) electrons. The van der Waals surface area contributed by atoms with Crippen LogP contribution in [-0.2, 0) is 4.79 Å². The lowest BCUT2D eigenvalue weighted by Crippen LogP contribution is -2.48. The molecule has 2 aromatic rings. The van der Waals surface area contributed by atoms with Crippen LogP contribution >= 0.6 is 0 Å². The van der Waals surface area contributed by atoms with Gasteiger partial charge in [-0.15, -0.1) is 0 Å². The number of carbonyl (C=O) groups is 3. The quantitative estimate of drug-likeness (QED) is 0.711. The minimum absolute atomic E-state index is 0.0230. The zero-order chi connectivity index (χ0) is 19.3. The van der Waals surface area contributed by atoms with Crippen molar-refractivity contribution in [3.63, 3.8) is 0 Å². The van der Waals surface area contributed by atoms with E-state index in [1.807, 2.05) is 0 Å². The number of aromatic nitrogens is 2. The molecule has 3 heterocycles. The molecule has 0 atom stereocenters. The van der Waals surface area contributed by atoms with Crippen LogP contribution < -0.4 is 0 Å². The average molecular weight is 380 g/mol. The molecule has 144 valence electrons. The highest BCUT2D eigenvalue weighted by atomic mass is 16.5. The van der Waals surface area contributed by atoms with Crippen LogP contribution in [0, 0.1) is 0 Å². The summed E-state index contributed by atoms with van der Waals surface area (Å²) in [5.74, 6) is 1.45. The highest BCUT2D eigenvalue weighted by Gasteiger charge is 2.38. The van der Waals surface area contributed by atoms with E-state index in [1.54, 1.807) is 29.2 Å². The molecule has 5 rings (SSSR count). The molecule has 2 aliphatic heterocycles. The third-order valence-electron chi connectivity index (χ3n) is 5.63. The van der Waals surface area contributed by atoms with Gasteiger partial charge in [-0.05, 0) is 31.4 Å². The Morgan fingerprint density at radius 2 is 1.75 bits per heavy atom. The van der Waals surface area contributed by atoms with Crippen LogP contribution in [0.2, 0.25) is 0 Å². The Morgan fingerprint density at radius 3 is 2.39 bits per heavy atom. The van der Waals surface area contributed by atoms with Crippen molar-refractivity contribution in [2.75, 3.05) is 19.6 Å². The molecular formula is C20H20N4O4. The molecule has 1 aliphatic carbocycles. The number of likely N-dealkylation sites (tertiary alicyclic amines) is 1. The fraction of sp³-hybridized carbons (Fsp3) is 0.450. The van der Waals surface area contributed by atoms with Crippen molar-refractivity contribution in [3.05, 3.63) is 47.1 Å². The van der Waals surface area contributed by atoms with Crippen LogP contribution in [0.1, 0.15) is 70.0 Å². The van der Waals surface area contributed by atoms with Gasteiger partial charge in [0.1, 0.15) is 0 Å². The Bertz CT molecular complexity index is 924. The zero-order valence-corrected chi connectivity index (χ0v) is 15.3. The van der Waals surface area contributed by atoms with Crippen molar-refractivity contribution in [1.82, 2.24) is 19.9 Å². The maximum absolute atomic E-state index is 12.4.